The molecule has 2 amide bonds. The van der Waals surface area contributed by atoms with Gasteiger partial charge in [0.05, 0.1) is 6.42 Å². The maximum Gasteiger partial charge on any atom is 0.243 e. The second-order valence-electron chi connectivity index (χ2n) is 8.83. The van der Waals surface area contributed by atoms with Gasteiger partial charge >= 0.3 is 0 Å². The van der Waals surface area contributed by atoms with Crippen LogP contribution in [0.1, 0.15) is 22.4 Å². The Morgan fingerprint density at radius 1 is 0.857 bits per heavy atom. The van der Waals surface area contributed by atoms with Crippen molar-refractivity contribution in [2.24, 2.45) is 0 Å². The molecule has 5 aromatic rings. The Kier molecular flexibility index (Phi) is 6.35. The smallest absolute Gasteiger partial charge is 0.243 e. The molecule has 176 valence electrons. The summed E-state index contributed by atoms with van der Waals surface area (Å²) in [5.74, 6) is -0.382. The molecule has 0 radical (unpaired) electrons. The van der Waals surface area contributed by atoms with Crippen molar-refractivity contribution in [1.82, 2.24) is 20.6 Å². The van der Waals surface area contributed by atoms with E-state index < -0.39 is 6.04 Å². The Labute approximate surface area is 203 Å². The third kappa shape index (κ3) is 4.96. The van der Waals surface area contributed by atoms with Crippen molar-refractivity contribution < 1.29 is 9.59 Å². The van der Waals surface area contributed by atoms with Crippen molar-refractivity contribution in [3.8, 4) is 0 Å². The number of aromatic amines is 2. The van der Waals surface area contributed by atoms with Gasteiger partial charge in [0.2, 0.25) is 11.8 Å². The van der Waals surface area contributed by atoms with Crippen LogP contribution in [0, 0.1) is 6.92 Å². The molecule has 4 N–H and O–H groups in total. The molecule has 35 heavy (non-hydrogen) atoms. The molecule has 0 saturated carbocycles. The highest BCUT2D eigenvalue weighted by Crippen LogP contribution is 2.22. The quantitative estimate of drug-likeness (QED) is 0.272. The van der Waals surface area contributed by atoms with Gasteiger partial charge in [-0.3, -0.25) is 9.59 Å². The Morgan fingerprint density at radius 3 is 2.49 bits per heavy atom. The molecule has 6 heteroatoms. The van der Waals surface area contributed by atoms with Gasteiger partial charge in [0.25, 0.3) is 0 Å². The van der Waals surface area contributed by atoms with Crippen LogP contribution in [0.25, 0.3) is 21.8 Å². The molecular weight excluding hydrogens is 436 g/mol. The summed E-state index contributed by atoms with van der Waals surface area (Å²) in [6.45, 7) is 2.36. The molecule has 6 nitrogen and oxygen atoms in total. The number of benzene rings is 3. The number of nitrogens with one attached hydrogen (secondary N) is 4. The second kappa shape index (κ2) is 9.89. The lowest BCUT2D eigenvalue weighted by molar-refractivity contribution is -0.128. The summed E-state index contributed by atoms with van der Waals surface area (Å²) >= 11 is 0. The van der Waals surface area contributed by atoms with Gasteiger partial charge in [0.1, 0.15) is 6.04 Å². The van der Waals surface area contributed by atoms with E-state index in [4.69, 9.17) is 0 Å². The first-order valence-electron chi connectivity index (χ1n) is 11.8. The van der Waals surface area contributed by atoms with E-state index in [0.29, 0.717) is 13.0 Å². The van der Waals surface area contributed by atoms with E-state index in [1.165, 1.54) is 0 Å². The molecule has 0 unspecified atom stereocenters. The van der Waals surface area contributed by atoms with Crippen LogP contribution in [0.3, 0.4) is 0 Å². The maximum atomic E-state index is 13.3. The van der Waals surface area contributed by atoms with Crippen LogP contribution in [0.4, 0.5) is 0 Å². The molecule has 2 aromatic heterocycles. The molecule has 0 saturated heterocycles. The van der Waals surface area contributed by atoms with Crippen molar-refractivity contribution in [2.45, 2.75) is 32.4 Å². The minimum atomic E-state index is -0.680. The lowest BCUT2D eigenvalue weighted by Gasteiger charge is -2.19. The van der Waals surface area contributed by atoms with Crippen LogP contribution in [0.15, 0.2) is 85.1 Å². The Balaban J connectivity index is 1.32. The number of para-hydroxylation sites is 1. The molecule has 0 aliphatic rings. The van der Waals surface area contributed by atoms with Gasteiger partial charge in [-0.15, -0.1) is 0 Å². The van der Waals surface area contributed by atoms with Crippen LogP contribution in [-0.4, -0.2) is 27.8 Å². The fourth-order valence-electron chi connectivity index (χ4n) is 4.64. The molecule has 1 atom stereocenters. The van der Waals surface area contributed by atoms with Gasteiger partial charge in [-0.05, 0) is 41.8 Å². The largest absolute Gasteiger partial charge is 0.361 e. The Hall–Kier alpha value is -4.32. The van der Waals surface area contributed by atoms with Crippen molar-refractivity contribution in [1.29, 1.82) is 0 Å². The normalized spacial score (nSPS) is 12.0. The first kappa shape index (κ1) is 22.5. The topological polar surface area (TPSA) is 89.8 Å². The highest BCUT2D eigenvalue weighted by atomic mass is 16.2. The Bertz CT molecular complexity index is 1480. The average molecular weight is 465 g/mol. The van der Waals surface area contributed by atoms with Crippen LogP contribution in [-0.2, 0) is 29.0 Å². The highest BCUT2D eigenvalue weighted by molar-refractivity contribution is 5.93. The fraction of sp³-hybridized carbons (Fsp3) is 0.172. The fourth-order valence-corrected chi connectivity index (χ4v) is 4.64. The van der Waals surface area contributed by atoms with Gasteiger partial charge in [0, 0.05) is 46.7 Å². The van der Waals surface area contributed by atoms with Crippen LogP contribution >= 0.6 is 0 Å². The van der Waals surface area contributed by atoms with Crippen molar-refractivity contribution in [2.75, 3.05) is 0 Å². The van der Waals surface area contributed by atoms with Crippen LogP contribution in [0.2, 0.25) is 0 Å². The van der Waals surface area contributed by atoms with E-state index in [1.54, 1.807) is 0 Å². The molecule has 0 bridgehead atoms. The van der Waals surface area contributed by atoms with E-state index in [9.17, 15) is 9.59 Å². The minimum absolute atomic E-state index is 0.179. The third-order valence-electron chi connectivity index (χ3n) is 6.44. The number of hydrogen-bond acceptors (Lipinski definition) is 2. The SMILES string of the molecule is Cc1[nH]c2ccccc2c1CC(=O)N[C@@H](Cc1ccccc1)C(=O)NCc1cccc2[nH]ccc12. The standard InChI is InChI=1S/C29H28N4O2/c1-19-24(23-11-5-6-12-26(23)32-19)17-28(34)33-27(16-20-8-3-2-4-9-20)29(35)31-18-21-10-7-13-25-22(21)14-15-30-25/h2-15,27,30,32H,16-18H2,1H3,(H,31,35)(H,33,34)/t27-/m0/s1. The van der Waals surface area contributed by atoms with E-state index in [-0.39, 0.29) is 18.2 Å². The van der Waals surface area contributed by atoms with Gasteiger partial charge < -0.3 is 20.6 Å². The summed E-state index contributed by atoms with van der Waals surface area (Å²) in [4.78, 5) is 32.9. The highest BCUT2D eigenvalue weighted by Gasteiger charge is 2.22. The molecule has 0 fully saturated rings. The molecule has 0 aliphatic carbocycles. The first-order chi connectivity index (χ1) is 17.1. The van der Waals surface area contributed by atoms with Gasteiger partial charge in [-0.1, -0.05) is 60.7 Å². The molecule has 5 rings (SSSR count). The second-order valence-corrected chi connectivity index (χ2v) is 8.83. The van der Waals surface area contributed by atoms with Gasteiger partial charge in [-0.25, -0.2) is 0 Å². The molecule has 3 aromatic carbocycles. The molecule has 2 heterocycles. The molecule has 0 spiro atoms. The lowest BCUT2D eigenvalue weighted by Crippen LogP contribution is -2.48. The van der Waals surface area contributed by atoms with E-state index in [2.05, 4.69) is 20.6 Å². The summed E-state index contributed by atoms with van der Waals surface area (Å²) in [7, 11) is 0. The summed E-state index contributed by atoms with van der Waals surface area (Å²) in [5.41, 5.74) is 5.96. The first-order valence-corrected chi connectivity index (χ1v) is 11.8. The number of fused-ring (bicyclic) bond motifs is 2. The van der Waals surface area contributed by atoms with Crippen molar-refractivity contribution in [3.05, 3.63) is 107 Å². The number of carbonyl (C=O) groups is 2. The van der Waals surface area contributed by atoms with E-state index >= 15 is 0 Å². The number of hydrogen-bond donors (Lipinski definition) is 4. The summed E-state index contributed by atoms with van der Waals surface area (Å²) in [6.07, 6.45) is 2.51. The van der Waals surface area contributed by atoms with Gasteiger partial charge in [0.15, 0.2) is 0 Å². The summed E-state index contributed by atoms with van der Waals surface area (Å²) < 4.78 is 0. The Morgan fingerprint density at radius 2 is 1.63 bits per heavy atom. The average Bonchev–Trinajstić information content (AvgIpc) is 3.47. The van der Waals surface area contributed by atoms with E-state index in [1.807, 2.05) is 92.0 Å². The number of aromatic nitrogens is 2. The van der Waals surface area contributed by atoms with Crippen molar-refractivity contribution >= 4 is 33.6 Å². The number of amides is 2. The predicted octanol–water partition coefficient (Wildman–Crippen LogP) is 4.54. The number of rotatable bonds is 8. The zero-order valence-corrected chi connectivity index (χ0v) is 19.6. The van der Waals surface area contributed by atoms with Crippen molar-refractivity contribution in [3.63, 3.8) is 0 Å². The molecule has 0 aliphatic heterocycles. The number of carbonyl (C=O) groups excluding carboxylic acids is 2. The third-order valence-corrected chi connectivity index (χ3v) is 6.44. The van der Waals surface area contributed by atoms with Crippen LogP contribution < -0.4 is 10.6 Å². The lowest BCUT2D eigenvalue weighted by atomic mass is 10.0. The molecular formula is C29H28N4O2. The summed E-state index contributed by atoms with van der Waals surface area (Å²) in [5, 5.41) is 8.13. The van der Waals surface area contributed by atoms with Crippen LogP contribution in [0.5, 0.6) is 0 Å². The monoisotopic (exact) mass is 464 g/mol. The minimum Gasteiger partial charge on any atom is -0.361 e. The predicted molar refractivity (Wildman–Crippen MR) is 139 cm³/mol. The van der Waals surface area contributed by atoms with E-state index in [0.717, 1.165) is 44.2 Å². The zero-order valence-electron chi connectivity index (χ0n) is 19.6. The number of H-pyrrole nitrogens is 2. The number of aryl methyl sites for hydroxylation is 1. The summed E-state index contributed by atoms with van der Waals surface area (Å²) in [6, 6.07) is 25.0. The zero-order chi connectivity index (χ0) is 24.2. The maximum absolute atomic E-state index is 13.3. The van der Waals surface area contributed by atoms with Gasteiger partial charge in [-0.2, -0.15) is 0 Å².